The first-order valence-electron chi connectivity index (χ1n) is 5.82. The standard InChI is InChI=1S/C12H21NO2/c1-7-5-10-9(11(14)15)6-12(7,3)8(2)13(10)4/h7-10H,5-6H2,1-4H3,(H,14,15). The van der Waals surface area contributed by atoms with E-state index in [-0.39, 0.29) is 17.4 Å². The first kappa shape index (κ1) is 10.9. The van der Waals surface area contributed by atoms with Gasteiger partial charge in [-0.15, -0.1) is 0 Å². The van der Waals surface area contributed by atoms with Crippen LogP contribution in [0.4, 0.5) is 0 Å². The van der Waals surface area contributed by atoms with E-state index in [1.165, 1.54) is 0 Å². The first-order chi connectivity index (χ1) is 6.88. The summed E-state index contributed by atoms with van der Waals surface area (Å²) < 4.78 is 0. The van der Waals surface area contributed by atoms with E-state index in [2.05, 4.69) is 32.7 Å². The number of aliphatic carboxylic acids is 1. The lowest BCUT2D eigenvalue weighted by Gasteiger charge is -2.60. The van der Waals surface area contributed by atoms with Crippen LogP contribution in [-0.4, -0.2) is 35.1 Å². The van der Waals surface area contributed by atoms with Crippen LogP contribution in [0.3, 0.4) is 0 Å². The van der Waals surface area contributed by atoms with Crippen LogP contribution in [0.5, 0.6) is 0 Å². The van der Waals surface area contributed by atoms with E-state index < -0.39 is 5.97 Å². The zero-order valence-corrected chi connectivity index (χ0v) is 10.0. The van der Waals surface area contributed by atoms with E-state index in [9.17, 15) is 9.90 Å². The molecule has 2 aliphatic heterocycles. The fourth-order valence-corrected chi connectivity index (χ4v) is 3.64. The molecule has 3 rings (SSSR count). The monoisotopic (exact) mass is 211 g/mol. The summed E-state index contributed by atoms with van der Waals surface area (Å²) in [4.78, 5) is 13.5. The summed E-state index contributed by atoms with van der Waals surface area (Å²) in [5, 5.41) is 9.24. The van der Waals surface area contributed by atoms with Gasteiger partial charge in [-0.05, 0) is 38.1 Å². The summed E-state index contributed by atoms with van der Waals surface area (Å²) in [6.45, 7) is 6.76. The molecule has 2 bridgehead atoms. The SMILES string of the molecule is CC1CC2C(C(=O)O)CC1(C)C(C)N2C. The maximum Gasteiger partial charge on any atom is 0.308 e. The van der Waals surface area contributed by atoms with E-state index >= 15 is 0 Å². The molecule has 1 saturated carbocycles. The van der Waals surface area contributed by atoms with Crippen LogP contribution in [0, 0.1) is 17.3 Å². The third-order valence-electron chi connectivity index (χ3n) is 5.25. The van der Waals surface area contributed by atoms with Gasteiger partial charge in [0.2, 0.25) is 0 Å². The third kappa shape index (κ3) is 1.32. The van der Waals surface area contributed by atoms with E-state index in [1.807, 2.05) is 0 Å². The molecule has 3 heteroatoms. The summed E-state index contributed by atoms with van der Waals surface area (Å²) in [5.41, 5.74) is 0.173. The van der Waals surface area contributed by atoms with Crippen LogP contribution in [0.2, 0.25) is 0 Å². The van der Waals surface area contributed by atoms with Gasteiger partial charge in [0.15, 0.2) is 0 Å². The van der Waals surface area contributed by atoms with Crippen molar-refractivity contribution in [2.75, 3.05) is 7.05 Å². The first-order valence-corrected chi connectivity index (χ1v) is 5.82. The van der Waals surface area contributed by atoms with Gasteiger partial charge < -0.3 is 5.11 Å². The molecular weight excluding hydrogens is 190 g/mol. The van der Waals surface area contributed by atoms with Crippen molar-refractivity contribution in [3.05, 3.63) is 0 Å². The van der Waals surface area contributed by atoms with Gasteiger partial charge >= 0.3 is 5.97 Å². The van der Waals surface area contributed by atoms with Crippen molar-refractivity contribution in [1.82, 2.24) is 4.90 Å². The number of hydrogen-bond acceptors (Lipinski definition) is 2. The summed E-state index contributed by atoms with van der Waals surface area (Å²) >= 11 is 0. The smallest absolute Gasteiger partial charge is 0.308 e. The Labute approximate surface area is 91.5 Å². The van der Waals surface area contributed by atoms with Gasteiger partial charge in [-0.2, -0.15) is 0 Å². The number of carboxylic acids is 1. The minimum atomic E-state index is -0.614. The highest BCUT2D eigenvalue weighted by atomic mass is 16.4. The Morgan fingerprint density at radius 2 is 2.07 bits per heavy atom. The number of hydrogen-bond donors (Lipinski definition) is 1. The Bertz CT molecular complexity index is 291. The highest BCUT2D eigenvalue weighted by Gasteiger charge is 2.55. The van der Waals surface area contributed by atoms with E-state index in [4.69, 9.17) is 0 Å². The fraction of sp³-hybridized carbons (Fsp3) is 0.917. The van der Waals surface area contributed by atoms with Gasteiger partial charge in [-0.3, -0.25) is 9.69 Å². The second-order valence-electron chi connectivity index (χ2n) is 5.70. The second-order valence-corrected chi connectivity index (χ2v) is 5.70. The number of rotatable bonds is 1. The van der Waals surface area contributed by atoms with Crippen LogP contribution in [0.1, 0.15) is 33.6 Å². The van der Waals surface area contributed by atoms with Crippen molar-refractivity contribution in [3.8, 4) is 0 Å². The summed E-state index contributed by atoms with van der Waals surface area (Å²) in [6.07, 6.45) is 1.88. The molecule has 5 unspecified atom stereocenters. The molecule has 0 radical (unpaired) electrons. The van der Waals surface area contributed by atoms with E-state index in [1.54, 1.807) is 0 Å². The molecule has 2 heterocycles. The van der Waals surface area contributed by atoms with E-state index in [0.717, 1.165) is 12.8 Å². The molecule has 1 aliphatic carbocycles. The quantitative estimate of drug-likeness (QED) is 0.719. The van der Waals surface area contributed by atoms with Gasteiger partial charge in [0.1, 0.15) is 0 Å². The third-order valence-corrected chi connectivity index (χ3v) is 5.25. The fourth-order valence-electron chi connectivity index (χ4n) is 3.64. The predicted molar refractivity (Wildman–Crippen MR) is 58.6 cm³/mol. The van der Waals surface area contributed by atoms with Crippen LogP contribution < -0.4 is 0 Å². The Morgan fingerprint density at radius 1 is 1.47 bits per heavy atom. The minimum absolute atomic E-state index is 0.160. The number of fused-ring (bicyclic) bond motifs is 3. The normalized spacial score (nSPS) is 50.7. The van der Waals surface area contributed by atoms with Crippen molar-refractivity contribution in [1.29, 1.82) is 0 Å². The average molecular weight is 211 g/mol. The lowest BCUT2D eigenvalue weighted by molar-refractivity contribution is -0.165. The number of carboxylic acid groups (broad SMARTS) is 1. The Hall–Kier alpha value is -0.570. The second kappa shape index (κ2) is 3.21. The molecule has 3 nitrogen and oxygen atoms in total. The zero-order chi connectivity index (χ0) is 11.4. The van der Waals surface area contributed by atoms with Gasteiger partial charge in [-0.25, -0.2) is 0 Å². The molecule has 3 fully saturated rings. The lowest BCUT2D eigenvalue weighted by Crippen LogP contribution is -2.65. The topological polar surface area (TPSA) is 40.5 Å². The van der Waals surface area contributed by atoms with Crippen molar-refractivity contribution < 1.29 is 9.90 Å². The summed E-state index contributed by atoms with van der Waals surface area (Å²) in [6, 6.07) is 0.746. The van der Waals surface area contributed by atoms with Crippen molar-refractivity contribution in [2.45, 2.75) is 45.7 Å². The highest BCUT2D eigenvalue weighted by molar-refractivity contribution is 5.71. The van der Waals surface area contributed by atoms with Crippen LogP contribution in [0.25, 0.3) is 0 Å². The van der Waals surface area contributed by atoms with Crippen molar-refractivity contribution >= 4 is 5.97 Å². The molecule has 15 heavy (non-hydrogen) atoms. The molecule has 3 aliphatic rings. The molecule has 0 aromatic heterocycles. The molecule has 0 spiro atoms. The van der Waals surface area contributed by atoms with Gasteiger partial charge in [0.25, 0.3) is 0 Å². The van der Waals surface area contributed by atoms with Crippen LogP contribution in [-0.2, 0) is 4.79 Å². The number of piperidine rings is 2. The molecule has 0 aromatic rings. The molecule has 2 saturated heterocycles. The number of nitrogens with zero attached hydrogens (tertiary/aromatic N) is 1. The minimum Gasteiger partial charge on any atom is -0.481 e. The van der Waals surface area contributed by atoms with Gasteiger partial charge in [-0.1, -0.05) is 13.8 Å². The van der Waals surface area contributed by atoms with Crippen molar-refractivity contribution in [2.24, 2.45) is 17.3 Å². The van der Waals surface area contributed by atoms with Gasteiger partial charge in [0, 0.05) is 12.1 Å². The summed E-state index contributed by atoms with van der Waals surface area (Å²) in [5.74, 6) is -0.131. The largest absolute Gasteiger partial charge is 0.481 e. The molecule has 5 atom stereocenters. The Balaban J connectivity index is 2.34. The summed E-state index contributed by atoms with van der Waals surface area (Å²) in [7, 11) is 2.08. The maximum atomic E-state index is 11.2. The van der Waals surface area contributed by atoms with Crippen LogP contribution >= 0.6 is 0 Å². The van der Waals surface area contributed by atoms with Crippen molar-refractivity contribution in [3.63, 3.8) is 0 Å². The van der Waals surface area contributed by atoms with Gasteiger partial charge in [0.05, 0.1) is 5.92 Å². The van der Waals surface area contributed by atoms with E-state index in [0.29, 0.717) is 12.0 Å². The zero-order valence-electron chi connectivity index (χ0n) is 10.0. The highest BCUT2D eigenvalue weighted by Crippen LogP contribution is 2.53. The lowest BCUT2D eigenvalue weighted by atomic mass is 9.55. The number of carbonyl (C=O) groups is 1. The molecule has 1 N–H and O–H groups in total. The molecular formula is C12H21NO2. The molecule has 0 amide bonds. The van der Waals surface area contributed by atoms with Crippen LogP contribution in [0.15, 0.2) is 0 Å². The average Bonchev–Trinajstić information content (AvgIpc) is 2.16. The molecule has 0 aromatic carbocycles. The predicted octanol–water partition coefficient (Wildman–Crippen LogP) is 1.83. The Morgan fingerprint density at radius 3 is 2.60 bits per heavy atom. The maximum absolute atomic E-state index is 11.2. The molecule has 86 valence electrons. The Kier molecular flexibility index (Phi) is 2.34.